The number of rotatable bonds is 5. The molecule has 1 fully saturated rings. The summed E-state index contributed by atoms with van der Waals surface area (Å²) in [6.45, 7) is 7.54. The minimum Gasteiger partial charge on any atom is -0.458 e. The Bertz CT molecular complexity index is 475. The average Bonchev–Trinajstić information content (AvgIpc) is 2.49. The van der Waals surface area contributed by atoms with E-state index in [1.165, 1.54) is 0 Å². The van der Waals surface area contributed by atoms with E-state index in [2.05, 4.69) is 5.32 Å². The van der Waals surface area contributed by atoms with Crippen molar-refractivity contribution in [1.82, 2.24) is 5.32 Å². The van der Waals surface area contributed by atoms with E-state index >= 15 is 0 Å². The Hall–Kier alpha value is -1.48. The molecule has 0 spiro atoms. The molecule has 152 valence electrons. The van der Waals surface area contributed by atoms with Gasteiger partial charge in [0.15, 0.2) is 6.04 Å². The number of esters is 1. The highest BCUT2D eigenvalue weighted by molar-refractivity contribution is 5.81. The van der Waals surface area contributed by atoms with Gasteiger partial charge in [0.25, 0.3) is 0 Å². The SMILES string of the molecule is C[C@@H]1OC(=O)[C@@H](NC(=O)OC(C)(C)C)COCC[C@H]1OCCC(C)(F)F. The van der Waals surface area contributed by atoms with Gasteiger partial charge in [0, 0.05) is 19.4 Å². The van der Waals surface area contributed by atoms with E-state index in [0.29, 0.717) is 6.42 Å². The molecule has 26 heavy (non-hydrogen) atoms. The third-order valence-corrected chi connectivity index (χ3v) is 3.51. The normalized spacial score (nSPS) is 25.5. The van der Waals surface area contributed by atoms with Gasteiger partial charge in [-0.2, -0.15) is 0 Å². The van der Waals surface area contributed by atoms with Crippen molar-refractivity contribution in [3.63, 3.8) is 0 Å². The van der Waals surface area contributed by atoms with Crippen molar-refractivity contribution in [1.29, 1.82) is 0 Å². The predicted octanol–water partition coefficient (Wildman–Crippen LogP) is 2.66. The summed E-state index contributed by atoms with van der Waals surface area (Å²) in [5, 5.41) is 2.42. The first kappa shape index (κ1) is 22.6. The van der Waals surface area contributed by atoms with Crippen LogP contribution in [0.1, 0.15) is 47.5 Å². The summed E-state index contributed by atoms with van der Waals surface area (Å²) in [5.74, 6) is -3.52. The topological polar surface area (TPSA) is 83.1 Å². The number of cyclic esters (lactones) is 1. The van der Waals surface area contributed by atoms with Crippen LogP contribution in [0.2, 0.25) is 0 Å². The zero-order valence-corrected chi connectivity index (χ0v) is 16.0. The predicted molar refractivity (Wildman–Crippen MR) is 89.1 cm³/mol. The molecule has 0 bridgehead atoms. The highest BCUT2D eigenvalue weighted by atomic mass is 19.3. The molecule has 0 aromatic carbocycles. The van der Waals surface area contributed by atoms with Crippen LogP contribution < -0.4 is 5.32 Å². The molecule has 0 saturated carbocycles. The van der Waals surface area contributed by atoms with E-state index in [1.807, 2.05) is 0 Å². The number of hydrogen-bond acceptors (Lipinski definition) is 6. The number of alkyl carbamates (subject to hydrolysis) is 1. The van der Waals surface area contributed by atoms with Crippen LogP contribution in [0.4, 0.5) is 13.6 Å². The molecular formula is C17H29F2NO6. The van der Waals surface area contributed by atoms with E-state index in [4.69, 9.17) is 18.9 Å². The fourth-order valence-corrected chi connectivity index (χ4v) is 2.20. The molecule has 9 heteroatoms. The number of alkyl halides is 2. The lowest BCUT2D eigenvalue weighted by atomic mass is 10.1. The number of halogens is 2. The van der Waals surface area contributed by atoms with Crippen LogP contribution in [0.15, 0.2) is 0 Å². The number of hydrogen-bond donors (Lipinski definition) is 1. The van der Waals surface area contributed by atoms with E-state index in [9.17, 15) is 18.4 Å². The molecule has 0 unspecified atom stereocenters. The van der Waals surface area contributed by atoms with Crippen molar-refractivity contribution in [3.05, 3.63) is 0 Å². The molecule has 1 aliphatic heterocycles. The molecule has 1 aliphatic rings. The van der Waals surface area contributed by atoms with Crippen LogP contribution in [0.3, 0.4) is 0 Å². The highest BCUT2D eigenvalue weighted by Crippen LogP contribution is 2.19. The highest BCUT2D eigenvalue weighted by Gasteiger charge is 2.32. The van der Waals surface area contributed by atoms with E-state index in [-0.39, 0.29) is 19.8 Å². The summed E-state index contributed by atoms with van der Waals surface area (Å²) in [6.07, 6.45) is -2.04. The van der Waals surface area contributed by atoms with Crippen LogP contribution in [-0.2, 0) is 23.7 Å². The fraction of sp³-hybridized carbons (Fsp3) is 0.882. The lowest BCUT2D eigenvalue weighted by molar-refractivity contribution is -0.159. The maximum absolute atomic E-state index is 12.9. The molecule has 0 aliphatic carbocycles. The second-order valence-corrected chi connectivity index (χ2v) is 7.43. The number of carbonyl (C=O) groups is 2. The monoisotopic (exact) mass is 381 g/mol. The van der Waals surface area contributed by atoms with Gasteiger partial charge < -0.3 is 24.3 Å². The van der Waals surface area contributed by atoms with Crippen LogP contribution >= 0.6 is 0 Å². The first-order valence-electron chi connectivity index (χ1n) is 8.64. The van der Waals surface area contributed by atoms with Crippen LogP contribution in [0.25, 0.3) is 0 Å². The van der Waals surface area contributed by atoms with Gasteiger partial charge in [-0.3, -0.25) is 0 Å². The first-order valence-corrected chi connectivity index (χ1v) is 8.64. The minimum absolute atomic E-state index is 0.0788. The van der Waals surface area contributed by atoms with E-state index < -0.39 is 48.3 Å². The second kappa shape index (κ2) is 9.45. The van der Waals surface area contributed by atoms with Crippen LogP contribution in [-0.4, -0.2) is 61.7 Å². The van der Waals surface area contributed by atoms with Crippen molar-refractivity contribution >= 4 is 12.1 Å². The summed E-state index contributed by atoms with van der Waals surface area (Å²) in [6, 6.07) is -1.02. The summed E-state index contributed by atoms with van der Waals surface area (Å²) in [7, 11) is 0. The molecule has 1 heterocycles. The first-order chi connectivity index (χ1) is 11.9. The smallest absolute Gasteiger partial charge is 0.408 e. The van der Waals surface area contributed by atoms with Gasteiger partial charge in [-0.05, 0) is 34.6 Å². The summed E-state index contributed by atoms with van der Waals surface area (Å²) in [4.78, 5) is 24.1. The molecule has 1 saturated heterocycles. The zero-order valence-electron chi connectivity index (χ0n) is 16.0. The van der Waals surface area contributed by atoms with Crippen molar-refractivity contribution in [2.24, 2.45) is 0 Å². The lowest BCUT2D eigenvalue weighted by Gasteiger charge is -2.25. The number of amides is 1. The molecule has 3 atom stereocenters. The molecular weight excluding hydrogens is 352 g/mol. The third-order valence-electron chi connectivity index (χ3n) is 3.51. The van der Waals surface area contributed by atoms with Gasteiger partial charge in [-0.1, -0.05) is 0 Å². The number of carbonyl (C=O) groups excluding carboxylic acids is 2. The summed E-state index contributed by atoms with van der Waals surface area (Å²) in [5.41, 5.74) is -0.707. The van der Waals surface area contributed by atoms with Crippen molar-refractivity contribution in [2.75, 3.05) is 19.8 Å². The van der Waals surface area contributed by atoms with Crippen LogP contribution in [0.5, 0.6) is 0 Å². The van der Waals surface area contributed by atoms with Gasteiger partial charge in [-0.25, -0.2) is 18.4 Å². The lowest BCUT2D eigenvalue weighted by Crippen LogP contribution is -2.47. The maximum Gasteiger partial charge on any atom is 0.408 e. The second-order valence-electron chi connectivity index (χ2n) is 7.43. The summed E-state index contributed by atoms with van der Waals surface area (Å²) >= 11 is 0. The Morgan fingerprint density at radius 3 is 2.54 bits per heavy atom. The molecule has 0 aromatic heterocycles. The molecule has 0 aromatic rings. The van der Waals surface area contributed by atoms with Gasteiger partial charge in [0.05, 0.1) is 19.3 Å². The summed E-state index contributed by atoms with van der Waals surface area (Å²) < 4.78 is 47.1. The van der Waals surface area contributed by atoms with Gasteiger partial charge in [0.2, 0.25) is 5.92 Å². The largest absolute Gasteiger partial charge is 0.458 e. The average molecular weight is 381 g/mol. The minimum atomic E-state index is -2.82. The molecule has 1 rings (SSSR count). The quantitative estimate of drug-likeness (QED) is 0.737. The Kier molecular flexibility index (Phi) is 8.20. The van der Waals surface area contributed by atoms with Crippen molar-refractivity contribution in [2.45, 2.75) is 77.2 Å². The fourth-order valence-electron chi connectivity index (χ4n) is 2.20. The molecule has 1 N–H and O–H groups in total. The van der Waals surface area contributed by atoms with E-state index in [0.717, 1.165) is 6.92 Å². The Morgan fingerprint density at radius 1 is 1.31 bits per heavy atom. The molecule has 0 radical (unpaired) electrons. The third kappa shape index (κ3) is 9.28. The molecule has 1 amide bonds. The number of nitrogens with one attached hydrogen (secondary N) is 1. The Morgan fingerprint density at radius 2 is 1.96 bits per heavy atom. The zero-order chi connectivity index (χ0) is 20.0. The Labute approximate surface area is 152 Å². The van der Waals surface area contributed by atoms with Crippen LogP contribution in [0, 0.1) is 0 Å². The standard InChI is InChI=1S/C17H29F2NO6/c1-11-13(24-9-7-17(5,18)19)6-8-23-10-12(14(21)25-11)20-15(22)26-16(2,3)4/h11-13H,6-10H2,1-5H3,(H,20,22)/t11-,12-,13+/m0/s1. The Balaban J connectivity index is 2.60. The van der Waals surface area contributed by atoms with Gasteiger partial charge >= 0.3 is 12.1 Å². The van der Waals surface area contributed by atoms with Crippen molar-refractivity contribution in [3.8, 4) is 0 Å². The van der Waals surface area contributed by atoms with Gasteiger partial charge in [-0.15, -0.1) is 0 Å². The maximum atomic E-state index is 12.9. The van der Waals surface area contributed by atoms with E-state index in [1.54, 1.807) is 27.7 Å². The van der Waals surface area contributed by atoms with Crippen molar-refractivity contribution < 1.29 is 37.3 Å². The molecule has 7 nitrogen and oxygen atoms in total. The number of ether oxygens (including phenoxy) is 4. The van der Waals surface area contributed by atoms with Gasteiger partial charge in [0.1, 0.15) is 11.7 Å².